The summed E-state index contributed by atoms with van der Waals surface area (Å²) in [6, 6.07) is 26.8. The number of rotatable bonds is 13. The molecule has 0 fully saturated rings. The number of benzene rings is 4. The molecule has 0 aromatic heterocycles. The maximum absolute atomic E-state index is 14.6. The number of amides is 2. The van der Waals surface area contributed by atoms with Gasteiger partial charge in [0.05, 0.1) is 10.6 Å². The summed E-state index contributed by atoms with van der Waals surface area (Å²) in [6.45, 7) is 7.40. The monoisotopic (exact) mass is 679 g/mol. The van der Waals surface area contributed by atoms with E-state index in [0.717, 1.165) is 15.4 Å². The van der Waals surface area contributed by atoms with Crippen LogP contribution in [0.3, 0.4) is 0 Å². The minimum Gasteiger partial charge on any atom is -0.354 e. The summed E-state index contributed by atoms with van der Waals surface area (Å²) < 4.78 is 29.5. The van der Waals surface area contributed by atoms with Crippen LogP contribution in [0.5, 0.6) is 0 Å². The zero-order valence-electron chi connectivity index (χ0n) is 26.4. The number of carbonyl (C=O) groups excluding carboxylic acids is 2. The number of hydrogen-bond acceptors (Lipinski definition) is 4. The second-order valence-electron chi connectivity index (χ2n) is 11.7. The van der Waals surface area contributed by atoms with Crippen molar-refractivity contribution in [2.45, 2.75) is 51.6 Å². The van der Waals surface area contributed by atoms with Crippen molar-refractivity contribution in [3.63, 3.8) is 0 Å². The normalized spacial score (nSPS) is 12.1. The summed E-state index contributed by atoms with van der Waals surface area (Å²) in [6.07, 6.45) is 0.188. The van der Waals surface area contributed by atoms with E-state index < -0.39 is 28.5 Å². The Kier molecular flexibility index (Phi) is 11.9. The molecule has 46 heavy (non-hydrogen) atoms. The highest BCUT2D eigenvalue weighted by Gasteiger charge is 2.35. The molecule has 0 radical (unpaired) electrons. The van der Waals surface area contributed by atoms with Crippen molar-refractivity contribution in [2.75, 3.05) is 17.4 Å². The first kappa shape index (κ1) is 35.0. The predicted octanol–water partition coefficient (Wildman–Crippen LogP) is 7.22. The number of nitrogens with zero attached hydrogens (tertiary/aromatic N) is 2. The molecule has 2 amide bonds. The van der Waals surface area contributed by atoms with Gasteiger partial charge in [-0.1, -0.05) is 109 Å². The Morgan fingerprint density at radius 2 is 1.43 bits per heavy atom. The molecule has 0 saturated heterocycles. The second kappa shape index (κ2) is 15.6. The third-order valence-corrected chi connectivity index (χ3v) is 10.1. The summed E-state index contributed by atoms with van der Waals surface area (Å²) in [7, 11) is -4.20. The molecule has 4 rings (SSSR count). The van der Waals surface area contributed by atoms with Gasteiger partial charge < -0.3 is 10.2 Å². The minimum atomic E-state index is -4.20. The van der Waals surface area contributed by atoms with Gasteiger partial charge in [-0.05, 0) is 61.2 Å². The number of nitrogens with one attached hydrogen (secondary N) is 1. The van der Waals surface area contributed by atoms with E-state index in [-0.39, 0.29) is 29.7 Å². The van der Waals surface area contributed by atoms with Gasteiger partial charge in [-0.3, -0.25) is 13.9 Å². The molecule has 1 atom stereocenters. The van der Waals surface area contributed by atoms with Crippen LogP contribution in [0.2, 0.25) is 10.0 Å². The molecule has 4 aromatic carbocycles. The van der Waals surface area contributed by atoms with E-state index in [1.165, 1.54) is 17.0 Å². The molecule has 4 aromatic rings. The van der Waals surface area contributed by atoms with Gasteiger partial charge in [0.2, 0.25) is 11.8 Å². The Balaban J connectivity index is 1.85. The average molecular weight is 681 g/mol. The lowest BCUT2D eigenvalue weighted by atomic mass is 10.0. The maximum Gasteiger partial charge on any atom is 0.264 e. The van der Waals surface area contributed by atoms with Gasteiger partial charge in [-0.2, -0.15) is 0 Å². The Morgan fingerprint density at radius 1 is 0.826 bits per heavy atom. The molecule has 0 aliphatic heterocycles. The fourth-order valence-corrected chi connectivity index (χ4v) is 7.17. The highest BCUT2D eigenvalue weighted by Crippen LogP contribution is 2.30. The highest BCUT2D eigenvalue weighted by atomic mass is 35.5. The van der Waals surface area contributed by atoms with Crippen LogP contribution in [-0.4, -0.2) is 44.3 Å². The van der Waals surface area contributed by atoms with Gasteiger partial charge in [-0.15, -0.1) is 0 Å². The van der Waals surface area contributed by atoms with Gasteiger partial charge in [0, 0.05) is 35.1 Å². The molecule has 0 bridgehead atoms. The van der Waals surface area contributed by atoms with E-state index in [9.17, 15) is 18.0 Å². The molecule has 0 saturated carbocycles. The summed E-state index contributed by atoms with van der Waals surface area (Å²) in [5.74, 6) is -0.784. The van der Waals surface area contributed by atoms with Gasteiger partial charge >= 0.3 is 0 Å². The third-order valence-electron chi connectivity index (χ3n) is 7.58. The van der Waals surface area contributed by atoms with E-state index in [1.54, 1.807) is 55.5 Å². The van der Waals surface area contributed by atoms with Crippen LogP contribution in [0.25, 0.3) is 0 Å². The number of hydrogen-bond donors (Lipinski definition) is 1. The molecule has 1 unspecified atom stereocenters. The lowest BCUT2D eigenvalue weighted by Crippen LogP contribution is -2.54. The summed E-state index contributed by atoms with van der Waals surface area (Å²) >= 11 is 13.2. The Labute approximate surface area is 282 Å². The zero-order valence-corrected chi connectivity index (χ0v) is 28.7. The molecule has 0 aliphatic rings. The number of sulfonamides is 1. The van der Waals surface area contributed by atoms with Gasteiger partial charge in [0.15, 0.2) is 0 Å². The second-order valence-corrected chi connectivity index (χ2v) is 14.4. The van der Waals surface area contributed by atoms with Crippen molar-refractivity contribution in [1.29, 1.82) is 0 Å². The topological polar surface area (TPSA) is 86.8 Å². The first-order valence-corrected chi connectivity index (χ1v) is 17.3. The van der Waals surface area contributed by atoms with Crippen molar-refractivity contribution in [3.8, 4) is 0 Å². The lowest BCUT2D eigenvalue weighted by molar-refractivity contribution is -0.140. The molecule has 10 heteroatoms. The standard InChI is InChI=1S/C36H39Cl2N3O4S/c1-25(2)22-39-36(43)34(21-28-12-7-5-8-13-28)40(23-30-31(37)16-11-17-32(30)38)35(42)24-41(33-19-18-26(3)20-27(33)4)46(44,45)29-14-9-6-10-15-29/h5-20,25,34H,21-24H2,1-4H3,(H,39,43). The van der Waals surface area contributed by atoms with Crippen molar-refractivity contribution >= 4 is 50.7 Å². The summed E-state index contributed by atoms with van der Waals surface area (Å²) in [5, 5.41) is 3.64. The number of carbonyl (C=O) groups is 2. The quantitative estimate of drug-likeness (QED) is 0.162. The first-order chi connectivity index (χ1) is 21.9. The van der Waals surface area contributed by atoms with E-state index in [2.05, 4.69) is 5.32 Å². The minimum absolute atomic E-state index is 0.0407. The summed E-state index contributed by atoms with van der Waals surface area (Å²) in [4.78, 5) is 30.0. The zero-order chi connectivity index (χ0) is 33.4. The van der Waals surface area contributed by atoms with E-state index >= 15 is 0 Å². The van der Waals surface area contributed by atoms with E-state index in [4.69, 9.17) is 23.2 Å². The van der Waals surface area contributed by atoms with Crippen LogP contribution in [-0.2, 0) is 32.6 Å². The molecule has 242 valence electrons. The molecule has 0 heterocycles. The van der Waals surface area contributed by atoms with Gasteiger partial charge in [0.1, 0.15) is 12.6 Å². The van der Waals surface area contributed by atoms with Crippen LogP contribution in [0.1, 0.15) is 36.1 Å². The van der Waals surface area contributed by atoms with Crippen molar-refractivity contribution < 1.29 is 18.0 Å². The molecule has 1 N–H and O–H groups in total. The number of aryl methyl sites for hydroxylation is 2. The van der Waals surface area contributed by atoms with Crippen molar-refractivity contribution in [3.05, 3.63) is 129 Å². The molecule has 0 spiro atoms. The van der Waals surface area contributed by atoms with E-state index in [0.29, 0.717) is 33.4 Å². The molecule has 0 aliphatic carbocycles. The Morgan fingerprint density at radius 3 is 2.02 bits per heavy atom. The first-order valence-electron chi connectivity index (χ1n) is 15.1. The smallest absolute Gasteiger partial charge is 0.264 e. The molecule has 7 nitrogen and oxygen atoms in total. The average Bonchev–Trinajstić information content (AvgIpc) is 3.02. The predicted molar refractivity (Wildman–Crippen MR) is 186 cm³/mol. The third kappa shape index (κ3) is 8.69. The Hall–Kier alpha value is -3.85. The highest BCUT2D eigenvalue weighted by molar-refractivity contribution is 7.92. The van der Waals surface area contributed by atoms with Gasteiger partial charge in [0.25, 0.3) is 10.0 Å². The Bertz CT molecular complexity index is 1750. The number of anilines is 1. The van der Waals surface area contributed by atoms with Crippen LogP contribution in [0.15, 0.2) is 102 Å². The van der Waals surface area contributed by atoms with E-state index in [1.807, 2.05) is 57.2 Å². The van der Waals surface area contributed by atoms with Crippen molar-refractivity contribution in [2.24, 2.45) is 5.92 Å². The largest absolute Gasteiger partial charge is 0.354 e. The molecular formula is C36H39Cl2N3O4S. The fraction of sp³-hybridized carbons (Fsp3) is 0.278. The maximum atomic E-state index is 14.6. The molecular weight excluding hydrogens is 641 g/mol. The van der Waals surface area contributed by atoms with Crippen LogP contribution >= 0.6 is 23.2 Å². The van der Waals surface area contributed by atoms with Crippen LogP contribution < -0.4 is 9.62 Å². The van der Waals surface area contributed by atoms with Crippen LogP contribution in [0.4, 0.5) is 5.69 Å². The fourth-order valence-electron chi connectivity index (χ4n) is 5.15. The van der Waals surface area contributed by atoms with Crippen molar-refractivity contribution in [1.82, 2.24) is 10.2 Å². The SMILES string of the molecule is Cc1ccc(N(CC(=O)N(Cc2c(Cl)cccc2Cl)C(Cc2ccccc2)C(=O)NCC(C)C)S(=O)(=O)c2ccccc2)c(C)c1. The van der Waals surface area contributed by atoms with Gasteiger partial charge in [-0.25, -0.2) is 8.42 Å². The lowest BCUT2D eigenvalue weighted by Gasteiger charge is -2.34. The van der Waals surface area contributed by atoms with Crippen LogP contribution in [0, 0.1) is 19.8 Å². The number of halogens is 2. The summed E-state index contributed by atoms with van der Waals surface area (Å²) in [5.41, 5.74) is 3.28.